The van der Waals surface area contributed by atoms with Crippen LogP contribution in [0.3, 0.4) is 0 Å². The maximum Gasteiger partial charge on any atom is 0.407 e. The lowest BCUT2D eigenvalue weighted by atomic mass is 9.98. The Morgan fingerprint density at radius 2 is 2.10 bits per heavy atom. The average molecular weight is 433 g/mol. The number of hydrogen-bond donors (Lipinski definition) is 2. The molecule has 1 fully saturated rings. The highest BCUT2D eigenvalue weighted by Crippen LogP contribution is 2.38. The maximum atomic E-state index is 12.5. The number of thiophene rings is 1. The summed E-state index contributed by atoms with van der Waals surface area (Å²) in [5.74, 6) is 0.320. The zero-order valence-electron chi connectivity index (χ0n) is 18.2. The van der Waals surface area contributed by atoms with E-state index in [-0.39, 0.29) is 12.0 Å². The van der Waals surface area contributed by atoms with Crippen molar-refractivity contribution in [2.24, 2.45) is 5.92 Å². The minimum Gasteiger partial charge on any atom is -0.444 e. The van der Waals surface area contributed by atoms with Crippen LogP contribution in [0.5, 0.6) is 0 Å². The number of likely N-dealkylation sites (tertiary alicyclic amines) is 1. The number of fused-ring (bicyclic) bond motifs is 1. The predicted molar refractivity (Wildman–Crippen MR) is 118 cm³/mol. The van der Waals surface area contributed by atoms with Crippen molar-refractivity contribution in [1.29, 1.82) is 5.26 Å². The van der Waals surface area contributed by atoms with Crippen molar-refractivity contribution >= 4 is 28.3 Å². The Balaban J connectivity index is 1.42. The summed E-state index contributed by atoms with van der Waals surface area (Å²) in [7, 11) is 0. The zero-order valence-corrected chi connectivity index (χ0v) is 19.0. The van der Waals surface area contributed by atoms with Gasteiger partial charge in [-0.1, -0.05) is 0 Å². The number of anilines is 1. The summed E-state index contributed by atoms with van der Waals surface area (Å²) in [4.78, 5) is 27.8. The summed E-state index contributed by atoms with van der Waals surface area (Å²) < 4.78 is 5.29. The third-order valence-corrected chi connectivity index (χ3v) is 6.69. The van der Waals surface area contributed by atoms with E-state index < -0.39 is 5.60 Å². The van der Waals surface area contributed by atoms with Crippen LogP contribution in [0, 0.1) is 17.2 Å². The van der Waals surface area contributed by atoms with Crippen LogP contribution in [-0.4, -0.2) is 48.7 Å². The van der Waals surface area contributed by atoms with Gasteiger partial charge in [-0.15, -0.1) is 11.3 Å². The Kier molecular flexibility index (Phi) is 7.37. The van der Waals surface area contributed by atoms with Gasteiger partial charge in [0, 0.05) is 30.9 Å². The second kappa shape index (κ2) is 9.80. The van der Waals surface area contributed by atoms with E-state index in [1.807, 2.05) is 20.8 Å². The minimum atomic E-state index is -0.496. The van der Waals surface area contributed by atoms with Gasteiger partial charge in [0.05, 0.1) is 5.56 Å². The van der Waals surface area contributed by atoms with Crippen molar-refractivity contribution in [1.82, 2.24) is 10.2 Å². The first kappa shape index (κ1) is 22.6. The molecule has 3 rings (SSSR count). The Morgan fingerprint density at radius 1 is 1.30 bits per heavy atom. The van der Waals surface area contributed by atoms with Gasteiger partial charge in [-0.25, -0.2) is 4.79 Å². The highest BCUT2D eigenvalue weighted by Gasteiger charge is 2.25. The number of amides is 2. The molecule has 2 amide bonds. The van der Waals surface area contributed by atoms with Crippen LogP contribution in [-0.2, 0) is 22.4 Å². The van der Waals surface area contributed by atoms with Crippen LogP contribution < -0.4 is 10.6 Å². The quantitative estimate of drug-likeness (QED) is 0.715. The zero-order chi connectivity index (χ0) is 21.7. The molecule has 0 spiro atoms. The van der Waals surface area contributed by atoms with Crippen molar-refractivity contribution in [2.75, 3.05) is 31.5 Å². The number of alkyl carbamates (subject to hydrolysis) is 1. The van der Waals surface area contributed by atoms with Gasteiger partial charge >= 0.3 is 6.09 Å². The van der Waals surface area contributed by atoms with Gasteiger partial charge in [0.25, 0.3) is 0 Å². The molecule has 2 N–H and O–H groups in total. The van der Waals surface area contributed by atoms with Gasteiger partial charge in [0.15, 0.2) is 0 Å². The first-order valence-corrected chi connectivity index (χ1v) is 11.6. The molecule has 1 atom stereocenters. The van der Waals surface area contributed by atoms with Gasteiger partial charge in [-0.3, -0.25) is 4.79 Å². The lowest BCUT2D eigenvalue weighted by Crippen LogP contribution is -2.42. The molecular formula is C22H32N4O3S. The number of carbonyl (C=O) groups is 2. The molecule has 7 nitrogen and oxygen atoms in total. The number of aryl methyl sites for hydroxylation is 1. The number of ether oxygens (including phenoxy) is 1. The lowest BCUT2D eigenvalue weighted by molar-refractivity contribution is -0.116. The molecule has 8 heteroatoms. The van der Waals surface area contributed by atoms with Crippen LogP contribution >= 0.6 is 11.3 Å². The maximum absolute atomic E-state index is 12.5. The SMILES string of the molecule is CC(C)(C)OC(=O)NCC1CCCN(CCC(=O)Nc2sc3c(c2C#N)CCC3)C1. The number of piperidine rings is 1. The summed E-state index contributed by atoms with van der Waals surface area (Å²) in [6, 6.07) is 2.27. The summed E-state index contributed by atoms with van der Waals surface area (Å²) in [5, 5.41) is 16.0. The van der Waals surface area contributed by atoms with E-state index in [0.717, 1.165) is 50.8 Å². The fourth-order valence-electron chi connectivity index (χ4n) is 4.12. The fraction of sp³-hybridized carbons (Fsp3) is 0.682. The van der Waals surface area contributed by atoms with E-state index in [2.05, 4.69) is 21.6 Å². The predicted octanol–water partition coefficient (Wildman–Crippen LogP) is 3.67. The first-order chi connectivity index (χ1) is 14.2. The Hall–Kier alpha value is -2.11. The molecule has 2 heterocycles. The smallest absolute Gasteiger partial charge is 0.407 e. The number of rotatable bonds is 6. The molecule has 2 aliphatic rings. The molecule has 0 saturated carbocycles. The Bertz CT molecular complexity index is 822. The monoisotopic (exact) mass is 432 g/mol. The van der Waals surface area contributed by atoms with Crippen LogP contribution in [0.15, 0.2) is 0 Å². The van der Waals surface area contributed by atoms with Gasteiger partial charge < -0.3 is 20.3 Å². The van der Waals surface area contributed by atoms with Crippen molar-refractivity contribution in [3.63, 3.8) is 0 Å². The summed E-state index contributed by atoms with van der Waals surface area (Å²) in [5.41, 5.74) is 1.30. The molecule has 1 aromatic heterocycles. The van der Waals surface area contributed by atoms with Gasteiger partial charge in [-0.2, -0.15) is 5.26 Å². The molecule has 1 saturated heterocycles. The lowest BCUT2D eigenvalue weighted by Gasteiger charge is -2.32. The molecule has 30 heavy (non-hydrogen) atoms. The van der Waals surface area contributed by atoms with E-state index in [0.29, 0.717) is 36.0 Å². The minimum absolute atomic E-state index is 0.0413. The topological polar surface area (TPSA) is 94.5 Å². The van der Waals surface area contributed by atoms with Crippen LogP contribution in [0.4, 0.5) is 9.80 Å². The fourth-order valence-corrected chi connectivity index (χ4v) is 5.38. The molecule has 0 bridgehead atoms. The third-order valence-electron chi connectivity index (χ3n) is 5.48. The van der Waals surface area contributed by atoms with Crippen LogP contribution in [0.1, 0.15) is 62.5 Å². The van der Waals surface area contributed by atoms with Gasteiger partial charge in [0.2, 0.25) is 5.91 Å². The second-order valence-electron chi connectivity index (χ2n) is 9.16. The first-order valence-electron chi connectivity index (χ1n) is 10.8. The number of hydrogen-bond acceptors (Lipinski definition) is 6. The van der Waals surface area contributed by atoms with E-state index in [4.69, 9.17) is 4.74 Å². The van der Waals surface area contributed by atoms with E-state index >= 15 is 0 Å². The van der Waals surface area contributed by atoms with Crippen LogP contribution in [0.2, 0.25) is 0 Å². The summed E-state index contributed by atoms with van der Waals surface area (Å²) >= 11 is 1.56. The van der Waals surface area contributed by atoms with E-state index in [1.165, 1.54) is 4.88 Å². The molecular weight excluding hydrogens is 400 g/mol. The molecule has 1 unspecified atom stereocenters. The highest BCUT2D eigenvalue weighted by molar-refractivity contribution is 7.16. The molecule has 164 valence electrons. The molecule has 0 radical (unpaired) electrons. The Labute approximate surface area is 182 Å². The molecule has 1 aliphatic carbocycles. The average Bonchev–Trinajstić information content (AvgIpc) is 3.24. The molecule has 1 aromatic rings. The third kappa shape index (κ3) is 6.19. The van der Waals surface area contributed by atoms with Gasteiger partial charge in [-0.05, 0) is 70.9 Å². The largest absolute Gasteiger partial charge is 0.444 e. The van der Waals surface area contributed by atoms with Crippen molar-refractivity contribution in [2.45, 2.75) is 64.9 Å². The van der Waals surface area contributed by atoms with E-state index in [9.17, 15) is 14.9 Å². The number of nitrogens with one attached hydrogen (secondary N) is 2. The number of carbonyl (C=O) groups excluding carboxylic acids is 2. The summed E-state index contributed by atoms with van der Waals surface area (Å²) in [6.45, 7) is 8.65. The highest BCUT2D eigenvalue weighted by atomic mass is 32.1. The van der Waals surface area contributed by atoms with Gasteiger partial charge in [0.1, 0.15) is 16.7 Å². The van der Waals surface area contributed by atoms with Crippen molar-refractivity contribution in [3.05, 3.63) is 16.0 Å². The van der Waals surface area contributed by atoms with Crippen LogP contribution in [0.25, 0.3) is 0 Å². The Morgan fingerprint density at radius 3 is 2.83 bits per heavy atom. The van der Waals surface area contributed by atoms with Crippen molar-refractivity contribution in [3.8, 4) is 6.07 Å². The second-order valence-corrected chi connectivity index (χ2v) is 10.3. The molecule has 0 aromatic carbocycles. The standard InChI is InChI=1S/C22H32N4O3S/c1-22(2,3)29-21(28)24-13-15-6-5-10-26(14-15)11-9-19(27)25-20-17(12-23)16-7-4-8-18(16)30-20/h15H,4-11,13-14H2,1-3H3,(H,24,28)(H,25,27). The molecule has 1 aliphatic heterocycles. The van der Waals surface area contributed by atoms with E-state index in [1.54, 1.807) is 11.3 Å². The number of nitriles is 1. The number of nitrogens with zero attached hydrogens (tertiary/aromatic N) is 2. The normalized spacial score (nSPS) is 19.1. The summed E-state index contributed by atoms with van der Waals surface area (Å²) in [6.07, 6.45) is 5.19. The van der Waals surface area contributed by atoms with Crippen molar-refractivity contribution < 1.29 is 14.3 Å².